The molecule has 0 radical (unpaired) electrons. The molecule has 0 atom stereocenters. The molecule has 0 amide bonds. The van der Waals surface area contributed by atoms with Crippen molar-refractivity contribution in [2.45, 2.75) is 13.5 Å². The normalized spacial score (nSPS) is 10.9. The van der Waals surface area contributed by atoms with E-state index in [0.29, 0.717) is 12.0 Å². The van der Waals surface area contributed by atoms with Gasteiger partial charge in [0, 0.05) is 6.54 Å². The quantitative estimate of drug-likeness (QED) is 0.697. The van der Waals surface area contributed by atoms with E-state index in [2.05, 4.69) is 15.6 Å². The first-order valence-corrected chi connectivity index (χ1v) is 6.52. The van der Waals surface area contributed by atoms with E-state index in [1.54, 1.807) is 12.1 Å². The van der Waals surface area contributed by atoms with Crippen molar-refractivity contribution in [3.05, 3.63) is 59.9 Å². The number of imidazole rings is 1. The molecule has 0 aliphatic heterocycles. The van der Waals surface area contributed by atoms with Crippen LogP contribution in [-0.4, -0.2) is 26.7 Å². The highest BCUT2D eigenvalue weighted by Gasteiger charge is 2.11. The Kier molecular flexibility index (Phi) is 3.30. The van der Waals surface area contributed by atoms with Crippen molar-refractivity contribution in [3.8, 4) is 0 Å². The molecule has 0 spiro atoms. The molecular formula is C15H15BN2O2. The van der Waals surface area contributed by atoms with Gasteiger partial charge in [0.1, 0.15) is 5.82 Å². The molecule has 4 nitrogen and oxygen atoms in total. The number of para-hydroxylation sites is 2. The molecule has 100 valence electrons. The molecule has 0 aliphatic carbocycles. The molecule has 0 saturated carbocycles. The Bertz CT molecular complexity index is 735. The van der Waals surface area contributed by atoms with Crippen molar-refractivity contribution in [1.29, 1.82) is 0 Å². The molecule has 3 aromatic rings. The highest BCUT2D eigenvalue weighted by atomic mass is 16.4. The van der Waals surface area contributed by atoms with Crippen LogP contribution in [0, 0.1) is 6.92 Å². The van der Waals surface area contributed by atoms with Crippen LogP contribution in [0.15, 0.2) is 48.5 Å². The standard InChI is InChI=1S/C15H15BN2O2/c1-11-17-14-4-2-3-5-15(14)18(11)10-12-6-8-13(9-7-12)16(19)20/h2-9,19-20H,10H2,1H3. The number of hydrogen-bond donors (Lipinski definition) is 2. The van der Waals surface area contributed by atoms with E-state index in [1.807, 2.05) is 37.3 Å². The van der Waals surface area contributed by atoms with Gasteiger partial charge in [-0.1, -0.05) is 36.4 Å². The van der Waals surface area contributed by atoms with Gasteiger partial charge < -0.3 is 14.6 Å². The van der Waals surface area contributed by atoms with Crippen LogP contribution >= 0.6 is 0 Å². The number of fused-ring (bicyclic) bond motifs is 1. The average Bonchev–Trinajstić information content (AvgIpc) is 2.76. The fourth-order valence-corrected chi connectivity index (χ4v) is 2.37. The monoisotopic (exact) mass is 266 g/mol. The topological polar surface area (TPSA) is 58.3 Å². The smallest absolute Gasteiger partial charge is 0.423 e. The summed E-state index contributed by atoms with van der Waals surface area (Å²) < 4.78 is 2.15. The molecule has 2 aromatic carbocycles. The minimum absolute atomic E-state index is 0.501. The van der Waals surface area contributed by atoms with Crippen molar-refractivity contribution in [1.82, 2.24) is 9.55 Å². The fraction of sp³-hybridized carbons (Fsp3) is 0.133. The van der Waals surface area contributed by atoms with Crippen LogP contribution in [0.5, 0.6) is 0 Å². The predicted molar refractivity (Wildman–Crippen MR) is 79.8 cm³/mol. The molecule has 2 N–H and O–H groups in total. The minimum atomic E-state index is -1.42. The lowest BCUT2D eigenvalue weighted by atomic mass is 9.80. The number of aromatic nitrogens is 2. The van der Waals surface area contributed by atoms with Crippen LogP contribution in [0.25, 0.3) is 11.0 Å². The van der Waals surface area contributed by atoms with Gasteiger partial charge in [0.2, 0.25) is 0 Å². The summed E-state index contributed by atoms with van der Waals surface area (Å²) in [6, 6.07) is 15.3. The van der Waals surface area contributed by atoms with Gasteiger partial charge in [-0.05, 0) is 30.1 Å². The van der Waals surface area contributed by atoms with Crippen molar-refractivity contribution < 1.29 is 10.0 Å². The van der Waals surface area contributed by atoms with E-state index in [0.717, 1.165) is 22.4 Å². The molecular weight excluding hydrogens is 251 g/mol. The van der Waals surface area contributed by atoms with E-state index in [9.17, 15) is 0 Å². The zero-order valence-corrected chi connectivity index (χ0v) is 11.2. The van der Waals surface area contributed by atoms with Crippen molar-refractivity contribution in [2.24, 2.45) is 0 Å². The van der Waals surface area contributed by atoms with Crippen molar-refractivity contribution >= 4 is 23.6 Å². The van der Waals surface area contributed by atoms with Crippen molar-refractivity contribution in [2.75, 3.05) is 0 Å². The van der Waals surface area contributed by atoms with Crippen LogP contribution in [0.1, 0.15) is 11.4 Å². The number of nitrogens with zero attached hydrogens (tertiary/aromatic N) is 2. The van der Waals surface area contributed by atoms with E-state index in [4.69, 9.17) is 10.0 Å². The van der Waals surface area contributed by atoms with Gasteiger partial charge in [0.25, 0.3) is 0 Å². The molecule has 0 aliphatic rings. The Morgan fingerprint density at radius 3 is 2.45 bits per heavy atom. The third-order valence-electron chi connectivity index (χ3n) is 3.46. The summed E-state index contributed by atoms with van der Waals surface area (Å²) in [4.78, 5) is 4.54. The lowest BCUT2D eigenvalue weighted by Crippen LogP contribution is -2.29. The van der Waals surface area contributed by atoms with Gasteiger partial charge in [-0.15, -0.1) is 0 Å². The Morgan fingerprint density at radius 2 is 1.75 bits per heavy atom. The number of rotatable bonds is 3. The number of benzene rings is 2. The number of hydrogen-bond acceptors (Lipinski definition) is 3. The molecule has 3 rings (SSSR count). The summed E-state index contributed by atoms with van der Waals surface area (Å²) in [6.45, 7) is 2.71. The first-order valence-electron chi connectivity index (χ1n) is 6.52. The lowest BCUT2D eigenvalue weighted by Gasteiger charge is -2.08. The second-order valence-electron chi connectivity index (χ2n) is 4.85. The van der Waals surface area contributed by atoms with Crippen LogP contribution in [0.4, 0.5) is 0 Å². The molecule has 0 bridgehead atoms. The maximum Gasteiger partial charge on any atom is 0.488 e. The van der Waals surface area contributed by atoms with Gasteiger partial charge in [0.15, 0.2) is 0 Å². The highest BCUT2D eigenvalue weighted by Crippen LogP contribution is 2.17. The van der Waals surface area contributed by atoms with Gasteiger partial charge in [-0.2, -0.15) is 0 Å². The third kappa shape index (κ3) is 2.33. The molecule has 20 heavy (non-hydrogen) atoms. The summed E-state index contributed by atoms with van der Waals surface area (Å²) in [7, 11) is -1.42. The summed E-state index contributed by atoms with van der Waals surface area (Å²) in [5, 5.41) is 18.2. The maximum atomic E-state index is 9.10. The van der Waals surface area contributed by atoms with Gasteiger partial charge in [-0.3, -0.25) is 0 Å². The first-order chi connectivity index (χ1) is 9.65. The Hall–Kier alpha value is -2.11. The SMILES string of the molecule is Cc1nc2ccccc2n1Cc1ccc(B(O)O)cc1. The van der Waals surface area contributed by atoms with Crippen LogP contribution in [0.3, 0.4) is 0 Å². The van der Waals surface area contributed by atoms with Crippen molar-refractivity contribution in [3.63, 3.8) is 0 Å². The highest BCUT2D eigenvalue weighted by molar-refractivity contribution is 6.58. The van der Waals surface area contributed by atoms with E-state index >= 15 is 0 Å². The third-order valence-corrected chi connectivity index (χ3v) is 3.46. The molecule has 5 heteroatoms. The maximum absolute atomic E-state index is 9.10. The van der Waals surface area contributed by atoms with E-state index < -0.39 is 7.12 Å². The summed E-state index contributed by atoms with van der Waals surface area (Å²) in [6.07, 6.45) is 0. The lowest BCUT2D eigenvalue weighted by molar-refractivity contribution is 0.426. The van der Waals surface area contributed by atoms with Gasteiger partial charge in [0.05, 0.1) is 11.0 Å². The second kappa shape index (κ2) is 5.11. The van der Waals surface area contributed by atoms with E-state index in [1.165, 1.54) is 0 Å². The Balaban J connectivity index is 1.94. The molecule has 0 unspecified atom stereocenters. The molecule has 1 heterocycles. The first kappa shape index (κ1) is 12.9. The summed E-state index contributed by atoms with van der Waals surface area (Å²) in [5.41, 5.74) is 3.70. The minimum Gasteiger partial charge on any atom is -0.423 e. The zero-order chi connectivity index (χ0) is 14.1. The largest absolute Gasteiger partial charge is 0.488 e. The second-order valence-corrected chi connectivity index (χ2v) is 4.85. The molecule has 1 aromatic heterocycles. The van der Waals surface area contributed by atoms with Gasteiger partial charge in [-0.25, -0.2) is 4.98 Å². The molecule has 0 saturated heterocycles. The summed E-state index contributed by atoms with van der Waals surface area (Å²) >= 11 is 0. The van der Waals surface area contributed by atoms with Crippen LogP contribution < -0.4 is 5.46 Å². The zero-order valence-electron chi connectivity index (χ0n) is 11.2. The molecule has 0 fully saturated rings. The Labute approximate surface area is 117 Å². The average molecular weight is 266 g/mol. The number of aryl methyl sites for hydroxylation is 1. The fourth-order valence-electron chi connectivity index (χ4n) is 2.37. The Morgan fingerprint density at radius 1 is 1.05 bits per heavy atom. The summed E-state index contributed by atoms with van der Waals surface area (Å²) in [5.74, 6) is 0.970. The predicted octanol–water partition coefficient (Wildman–Crippen LogP) is 1.07. The van der Waals surface area contributed by atoms with Crippen LogP contribution in [-0.2, 0) is 6.54 Å². The van der Waals surface area contributed by atoms with Crippen LogP contribution in [0.2, 0.25) is 0 Å². The van der Waals surface area contributed by atoms with E-state index in [-0.39, 0.29) is 0 Å². The van der Waals surface area contributed by atoms with Gasteiger partial charge >= 0.3 is 7.12 Å².